The van der Waals surface area contributed by atoms with Crippen LogP contribution in [0.3, 0.4) is 0 Å². The predicted octanol–water partition coefficient (Wildman–Crippen LogP) is 2.45. The van der Waals surface area contributed by atoms with Crippen LogP contribution >= 0.6 is 11.8 Å². The van der Waals surface area contributed by atoms with Crippen LogP contribution in [-0.2, 0) is 26.1 Å². The van der Waals surface area contributed by atoms with E-state index >= 15 is 0 Å². The third kappa shape index (κ3) is 7.22. The number of benzene rings is 2. The molecule has 0 saturated carbocycles. The maximum Gasteiger partial charge on any atom is 0.407 e. The van der Waals surface area contributed by atoms with Gasteiger partial charge in [0.2, 0.25) is 0 Å². The first kappa shape index (κ1) is 21.7. The second-order valence-electron chi connectivity index (χ2n) is 5.66. The van der Waals surface area contributed by atoms with Crippen LogP contribution in [0, 0.1) is 0 Å². The first-order chi connectivity index (χ1) is 13.3. The number of amides is 1. The standard InChI is InChI=1S/C18H19NO7S2/c20-17(21)16(12-13-4-2-1-3-5-13)19-18(22)26-10-11-27-14-6-8-15(9-7-14)28(23,24)25/h1-9,16H,10-12H2,(H,19,22)(H,20,21)(H,23,24,25)/t16-/m0/s1. The Morgan fingerprint density at radius 2 is 1.71 bits per heavy atom. The summed E-state index contributed by atoms with van der Waals surface area (Å²) in [4.78, 5) is 23.7. The van der Waals surface area contributed by atoms with Gasteiger partial charge in [0, 0.05) is 17.1 Å². The molecule has 2 aromatic rings. The van der Waals surface area contributed by atoms with Gasteiger partial charge in [0.25, 0.3) is 10.1 Å². The molecular formula is C18H19NO7S2. The fourth-order valence-corrected chi connectivity index (χ4v) is 3.45. The summed E-state index contributed by atoms with van der Waals surface area (Å²) in [6.07, 6.45) is -0.689. The van der Waals surface area contributed by atoms with Gasteiger partial charge in [0.05, 0.1) is 4.90 Å². The lowest BCUT2D eigenvalue weighted by molar-refractivity contribution is -0.139. The van der Waals surface area contributed by atoms with Crippen LogP contribution in [0.1, 0.15) is 5.56 Å². The van der Waals surface area contributed by atoms with E-state index in [0.717, 1.165) is 10.5 Å². The Morgan fingerprint density at radius 3 is 2.29 bits per heavy atom. The molecule has 0 aliphatic carbocycles. The fraction of sp³-hybridized carbons (Fsp3) is 0.222. The van der Waals surface area contributed by atoms with Crippen molar-refractivity contribution in [1.29, 1.82) is 0 Å². The minimum absolute atomic E-state index is 0.0359. The number of carbonyl (C=O) groups is 2. The van der Waals surface area contributed by atoms with E-state index in [0.29, 0.717) is 5.75 Å². The van der Waals surface area contributed by atoms with Crippen molar-refractivity contribution in [3.05, 3.63) is 60.2 Å². The lowest BCUT2D eigenvalue weighted by atomic mass is 10.1. The minimum atomic E-state index is -4.23. The number of nitrogens with one attached hydrogen (secondary N) is 1. The Balaban J connectivity index is 1.76. The highest BCUT2D eigenvalue weighted by Gasteiger charge is 2.21. The number of carbonyl (C=O) groups excluding carboxylic acids is 1. The largest absolute Gasteiger partial charge is 0.480 e. The molecule has 10 heteroatoms. The molecule has 0 aliphatic heterocycles. The molecular weight excluding hydrogens is 406 g/mol. The first-order valence-corrected chi connectivity index (χ1v) is 10.6. The van der Waals surface area contributed by atoms with Gasteiger partial charge in [-0.15, -0.1) is 11.8 Å². The Bertz CT molecular complexity index is 899. The number of carboxylic acid groups (broad SMARTS) is 1. The zero-order valence-electron chi connectivity index (χ0n) is 14.6. The van der Waals surface area contributed by atoms with Gasteiger partial charge < -0.3 is 15.2 Å². The van der Waals surface area contributed by atoms with Crippen molar-refractivity contribution >= 4 is 33.9 Å². The SMILES string of the molecule is O=C(N[C@@H](Cc1ccccc1)C(=O)O)OCCSc1ccc(S(=O)(=O)O)cc1. The van der Waals surface area contributed by atoms with E-state index in [1.54, 1.807) is 24.3 Å². The van der Waals surface area contributed by atoms with Crippen LogP contribution in [0.25, 0.3) is 0 Å². The highest BCUT2D eigenvalue weighted by Crippen LogP contribution is 2.20. The summed E-state index contributed by atoms with van der Waals surface area (Å²) in [5.41, 5.74) is 0.777. The highest BCUT2D eigenvalue weighted by atomic mass is 32.2. The Hall–Kier alpha value is -2.56. The van der Waals surface area contributed by atoms with Gasteiger partial charge in [-0.1, -0.05) is 30.3 Å². The third-order valence-electron chi connectivity index (χ3n) is 3.58. The van der Waals surface area contributed by atoms with Crippen LogP contribution in [0.5, 0.6) is 0 Å². The summed E-state index contributed by atoms with van der Waals surface area (Å²) in [5.74, 6) is -0.774. The maximum absolute atomic E-state index is 11.8. The van der Waals surface area contributed by atoms with Crippen LogP contribution in [-0.4, -0.2) is 48.5 Å². The average molecular weight is 425 g/mol. The summed E-state index contributed by atoms with van der Waals surface area (Å²) >= 11 is 1.31. The molecule has 1 atom stereocenters. The van der Waals surface area contributed by atoms with Crippen molar-refractivity contribution in [2.75, 3.05) is 12.4 Å². The van der Waals surface area contributed by atoms with Crippen molar-refractivity contribution in [3.8, 4) is 0 Å². The van der Waals surface area contributed by atoms with Gasteiger partial charge in [0.15, 0.2) is 0 Å². The number of hydrogen-bond donors (Lipinski definition) is 3. The van der Waals surface area contributed by atoms with Crippen molar-refractivity contribution < 1.29 is 32.4 Å². The molecule has 0 spiro atoms. The van der Waals surface area contributed by atoms with Crippen LogP contribution in [0.2, 0.25) is 0 Å². The number of hydrogen-bond acceptors (Lipinski definition) is 6. The molecule has 0 aliphatic rings. The molecule has 2 aromatic carbocycles. The molecule has 0 radical (unpaired) electrons. The van der Waals surface area contributed by atoms with Crippen LogP contribution < -0.4 is 5.32 Å². The Morgan fingerprint density at radius 1 is 1.07 bits per heavy atom. The van der Waals surface area contributed by atoms with Crippen LogP contribution in [0.15, 0.2) is 64.4 Å². The summed E-state index contributed by atoms with van der Waals surface area (Å²) in [6.45, 7) is 0.0359. The monoisotopic (exact) mass is 425 g/mol. The molecule has 0 fully saturated rings. The molecule has 150 valence electrons. The zero-order chi connectivity index (χ0) is 20.6. The topological polar surface area (TPSA) is 130 Å². The Labute approximate surface area is 166 Å². The molecule has 0 bridgehead atoms. The minimum Gasteiger partial charge on any atom is -0.480 e. The summed E-state index contributed by atoms with van der Waals surface area (Å²) in [7, 11) is -4.23. The lowest BCUT2D eigenvalue weighted by Crippen LogP contribution is -2.42. The van der Waals surface area contributed by atoms with E-state index in [4.69, 9.17) is 9.29 Å². The molecule has 0 saturated heterocycles. The van der Waals surface area contributed by atoms with E-state index in [2.05, 4.69) is 5.32 Å². The normalized spacial score (nSPS) is 12.2. The summed E-state index contributed by atoms with van der Waals surface area (Å²) < 4.78 is 35.9. The first-order valence-electron chi connectivity index (χ1n) is 8.16. The van der Waals surface area contributed by atoms with Crippen molar-refractivity contribution in [3.63, 3.8) is 0 Å². The predicted molar refractivity (Wildman–Crippen MR) is 103 cm³/mol. The van der Waals surface area contributed by atoms with E-state index in [1.165, 1.54) is 36.0 Å². The number of thioether (sulfide) groups is 1. The number of alkyl carbamates (subject to hydrolysis) is 1. The van der Waals surface area contributed by atoms with Gasteiger partial charge >= 0.3 is 12.1 Å². The molecule has 8 nitrogen and oxygen atoms in total. The van der Waals surface area contributed by atoms with Gasteiger partial charge in [-0.05, 0) is 29.8 Å². The highest BCUT2D eigenvalue weighted by molar-refractivity contribution is 7.99. The molecule has 0 heterocycles. The summed E-state index contributed by atoms with van der Waals surface area (Å²) in [6, 6.07) is 13.4. The Kier molecular flexibility index (Phi) is 7.85. The molecule has 0 unspecified atom stereocenters. The van der Waals surface area contributed by atoms with Gasteiger partial charge in [-0.3, -0.25) is 4.55 Å². The van der Waals surface area contributed by atoms with Gasteiger partial charge in [0.1, 0.15) is 12.6 Å². The second-order valence-corrected chi connectivity index (χ2v) is 8.25. The van der Waals surface area contributed by atoms with Crippen molar-refractivity contribution in [2.24, 2.45) is 0 Å². The number of ether oxygens (including phenoxy) is 1. The zero-order valence-corrected chi connectivity index (χ0v) is 16.3. The molecule has 1 amide bonds. The number of aliphatic carboxylic acids is 1. The van der Waals surface area contributed by atoms with Crippen molar-refractivity contribution in [1.82, 2.24) is 5.32 Å². The quantitative estimate of drug-likeness (QED) is 0.317. The number of rotatable bonds is 9. The average Bonchev–Trinajstić information content (AvgIpc) is 2.65. The summed E-state index contributed by atoms with van der Waals surface area (Å²) in [5, 5.41) is 11.6. The van der Waals surface area contributed by atoms with E-state index in [1.807, 2.05) is 6.07 Å². The second kappa shape index (κ2) is 10.1. The van der Waals surface area contributed by atoms with E-state index in [9.17, 15) is 23.1 Å². The van der Waals surface area contributed by atoms with Gasteiger partial charge in [-0.25, -0.2) is 9.59 Å². The molecule has 3 N–H and O–H groups in total. The molecule has 2 rings (SSSR count). The maximum atomic E-state index is 11.8. The van der Waals surface area contributed by atoms with E-state index in [-0.39, 0.29) is 17.9 Å². The molecule has 28 heavy (non-hydrogen) atoms. The number of carboxylic acids is 1. The lowest BCUT2D eigenvalue weighted by Gasteiger charge is -2.14. The third-order valence-corrected chi connectivity index (χ3v) is 5.42. The van der Waals surface area contributed by atoms with Crippen molar-refractivity contribution in [2.45, 2.75) is 22.3 Å². The van der Waals surface area contributed by atoms with Crippen LogP contribution in [0.4, 0.5) is 4.79 Å². The smallest absolute Gasteiger partial charge is 0.407 e. The fourth-order valence-electron chi connectivity index (χ4n) is 2.24. The van der Waals surface area contributed by atoms with E-state index < -0.39 is 28.2 Å². The van der Waals surface area contributed by atoms with Gasteiger partial charge in [-0.2, -0.15) is 8.42 Å². The molecule has 0 aromatic heterocycles.